The topological polar surface area (TPSA) is 84.3 Å². The third-order valence-corrected chi connectivity index (χ3v) is 5.15. The summed E-state index contributed by atoms with van der Waals surface area (Å²) in [5, 5.41) is 6.92. The Morgan fingerprint density at radius 3 is 2.92 bits per heavy atom. The van der Waals surface area contributed by atoms with Gasteiger partial charge in [-0.1, -0.05) is 36.4 Å². The molecule has 6 nitrogen and oxygen atoms in total. The van der Waals surface area contributed by atoms with Crippen LogP contribution in [0.4, 0.5) is 0 Å². The Hall–Kier alpha value is -2.41. The molecule has 2 aliphatic rings. The van der Waals surface area contributed by atoms with Crippen LogP contribution in [0.5, 0.6) is 0 Å². The Morgan fingerprint density at radius 2 is 2.20 bits per heavy atom. The molecule has 1 aromatic heterocycles. The fourth-order valence-corrected chi connectivity index (χ4v) is 3.70. The smallest absolute Gasteiger partial charge is 0.291 e. The lowest BCUT2D eigenvalue weighted by Gasteiger charge is -2.29. The number of allylic oxidation sites excluding steroid dienone is 3. The Kier molecular flexibility index (Phi) is 5.03. The first-order chi connectivity index (χ1) is 12.0. The molecular formula is C18H20N4O2S. The zero-order chi connectivity index (χ0) is 18.0. The van der Waals surface area contributed by atoms with Crippen molar-refractivity contribution in [2.24, 2.45) is 10.9 Å². The summed E-state index contributed by atoms with van der Waals surface area (Å²) in [6.07, 6.45) is 7.88. The van der Waals surface area contributed by atoms with Crippen LogP contribution in [0.3, 0.4) is 0 Å². The Balaban J connectivity index is 1.87. The van der Waals surface area contributed by atoms with Crippen LogP contribution in [0.15, 0.2) is 40.1 Å². The Morgan fingerprint density at radius 1 is 1.40 bits per heavy atom. The van der Waals surface area contributed by atoms with Crippen molar-refractivity contribution >= 4 is 29.1 Å². The summed E-state index contributed by atoms with van der Waals surface area (Å²) < 4.78 is 3.86. The van der Waals surface area contributed by atoms with Gasteiger partial charge >= 0.3 is 0 Å². The minimum Gasteiger partial charge on any atom is -0.325 e. The maximum atomic E-state index is 12.4. The van der Waals surface area contributed by atoms with Crippen LogP contribution in [0.25, 0.3) is 0 Å². The van der Waals surface area contributed by atoms with Crippen LogP contribution in [-0.2, 0) is 11.2 Å². The van der Waals surface area contributed by atoms with Crippen molar-refractivity contribution in [1.29, 1.82) is 0 Å². The highest BCUT2D eigenvalue weighted by Gasteiger charge is 2.29. The number of nitrogens with one attached hydrogen (secondary N) is 1. The van der Waals surface area contributed by atoms with Gasteiger partial charge < -0.3 is 5.32 Å². The van der Waals surface area contributed by atoms with E-state index in [-0.39, 0.29) is 17.7 Å². The number of aromatic nitrogens is 2. The predicted octanol–water partition coefficient (Wildman–Crippen LogP) is 3.00. The number of aryl methyl sites for hydroxylation is 1. The quantitative estimate of drug-likeness (QED) is 0.899. The average Bonchev–Trinajstić information content (AvgIpc) is 3.04. The SMILES string of the molecule is CCCc1nnsc1C(=O)N=C1C=CC2C(=C1)NC(=O)C(CC)=C2C. The lowest BCUT2D eigenvalue weighted by Crippen LogP contribution is -2.36. The Bertz CT molecular complexity index is 845. The molecule has 1 unspecified atom stereocenters. The van der Waals surface area contributed by atoms with Crippen LogP contribution in [0.1, 0.15) is 49.0 Å². The van der Waals surface area contributed by atoms with E-state index in [0.29, 0.717) is 29.1 Å². The normalized spacial score (nSPS) is 21.2. The zero-order valence-electron chi connectivity index (χ0n) is 14.5. The summed E-state index contributed by atoms with van der Waals surface area (Å²) in [5.74, 6) is -0.361. The molecule has 7 heteroatoms. The van der Waals surface area contributed by atoms with E-state index in [1.54, 1.807) is 6.08 Å². The molecule has 1 aliphatic carbocycles. The van der Waals surface area contributed by atoms with Crippen molar-refractivity contribution in [2.45, 2.75) is 40.0 Å². The molecule has 0 bridgehead atoms. The molecule has 1 aliphatic heterocycles. The summed E-state index contributed by atoms with van der Waals surface area (Å²) in [6.45, 7) is 5.98. The first kappa shape index (κ1) is 17.4. The van der Waals surface area contributed by atoms with Gasteiger partial charge in [0.1, 0.15) is 4.88 Å². The largest absolute Gasteiger partial charge is 0.325 e. The summed E-state index contributed by atoms with van der Waals surface area (Å²) in [4.78, 5) is 29.3. The molecule has 0 fully saturated rings. The number of amides is 2. The molecule has 1 N–H and O–H groups in total. The fourth-order valence-electron chi connectivity index (χ4n) is 3.11. The van der Waals surface area contributed by atoms with Crippen LogP contribution in [0.2, 0.25) is 0 Å². The fraction of sp³-hybridized carbons (Fsp3) is 0.389. The van der Waals surface area contributed by atoms with E-state index in [1.165, 1.54) is 0 Å². The molecule has 2 amide bonds. The number of carbonyl (C=O) groups is 2. The molecule has 0 aromatic carbocycles. The molecule has 130 valence electrons. The number of hydrogen-bond acceptors (Lipinski definition) is 5. The van der Waals surface area contributed by atoms with Crippen molar-refractivity contribution in [3.63, 3.8) is 0 Å². The van der Waals surface area contributed by atoms with Gasteiger partial charge in [0, 0.05) is 17.2 Å². The summed E-state index contributed by atoms with van der Waals surface area (Å²) in [6, 6.07) is 0. The molecular weight excluding hydrogens is 336 g/mol. The standard InChI is InChI=1S/C18H20N4O2S/c1-4-6-14-16(25-22-21-14)18(24)19-11-7-8-13-10(3)12(5-2)17(23)20-15(13)9-11/h7-9,13H,4-6H2,1-3H3,(H,20,23). The average molecular weight is 356 g/mol. The molecule has 1 atom stereocenters. The third-order valence-electron chi connectivity index (χ3n) is 4.39. The van der Waals surface area contributed by atoms with E-state index >= 15 is 0 Å². The van der Waals surface area contributed by atoms with E-state index in [9.17, 15) is 9.59 Å². The second-order valence-electron chi connectivity index (χ2n) is 6.05. The molecule has 0 saturated carbocycles. The van der Waals surface area contributed by atoms with E-state index in [1.807, 2.05) is 32.9 Å². The highest BCUT2D eigenvalue weighted by atomic mass is 32.1. The van der Waals surface area contributed by atoms with Gasteiger partial charge in [0.2, 0.25) is 0 Å². The van der Waals surface area contributed by atoms with Gasteiger partial charge in [-0.2, -0.15) is 0 Å². The highest BCUT2D eigenvalue weighted by Crippen LogP contribution is 2.31. The van der Waals surface area contributed by atoms with Crippen LogP contribution in [-0.4, -0.2) is 27.1 Å². The van der Waals surface area contributed by atoms with Crippen molar-refractivity contribution in [3.8, 4) is 0 Å². The maximum absolute atomic E-state index is 12.4. The highest BCUT2D eigenvalue weighted by molar-refractivity contribution is 7.08. The summed E-state index contributed by atoms with van der Waals surface area (Å²) >= 11 is 1.07. The first-order valence-corrected chi connectivity index (χ1v) is 9.17. The van der Waals surface area contributed by atoms with Gasteiger partial charge in [-0.25, -0.2) is 4.99 Å². The van der Waals surface area contributed by atoms with Gasteiger partial charge in [0.25, 0.3) is 11.8 Å². The molecule has 2 heterocycles. The van der Waals surface area contributed by atoms with Crippen molar-refractivity contribution in [1.82, 2.24) is 14.9 Å². The number of rotatable bonds is 4. The van der Waals surface area contributed by atoms with Gasteiger partial charge in [-0.15, -0.1) is 5.10 Å². The molecule has 0 spiro atoms. The summed E-state index contributed by atoms with van der Waals surface area (Å²) in [7, 11) is 0. The summed E-state index contributed by atoms with van der Waals surface area (Å²) in [5.41, 5.74) is 3.87. The lowest BCUT2D eigenvalue weighted by molar-refractivity contribution is -0.117. The van der Waals surface area contributed by atoms with E-state index < -0.39 is 0 Å². The van der Waals surface area contributed by atoms with Crippen molar-refractivity contribution in [3.05, 3.63) is 45.6 Å². The molecule has 1 aromatic rings. The number of hydrogen-bond donors (Lipinski definition) is 1. The monoisotopic (exact) mass is 356 g/mol. The number of nitrogens with zero attached hydrogens (tertiary/aromatic N) is 3. The number of carbonyl (C=O) groups excluding carboxylic acids is 2. The van der Waals surface area contributed by atoms with Crippen LogP contribution in [0, 0.1) is 5.92 Å². The molecule has 25 heavy (non-hydrogen) atoms. The van der Waals surface area contributed by atoms with Crippen molar-refractivity contribution < 1.29 is 9.59 Å². The van der Waals surface area contributed by atoms with Gasteiger partial charge in [-0.05, 0) is 43.4 Å². The number of fused-ring (bicyclic) bond motifs is 1. The third kappa shape index (κ3) is 3.37. The maximum Gasteiger partial charge on any atom is 0.291 e. The van der Waals surface area contributed by atoms with Gasteiger partial charge in [0.15, 0.2) is 0 Å². The van der Waals surface area contributed by atoms with E-state index in [4.69, 9.17) is 0 Å². The Labute approximate surface area is 150 Å². The minimum atomic E-state index is -0.336. The van der Waals surface area contributed by atoms with E-state index in [0.717, 1.165) is 34.8 Å². The molecule has 0 saturated heterocycles. The predicted molar refractivity (Wildman–Crippen MR) is 97.5 cm³/mol. The molecule has 3 rings (SSSR count). The first-order valence-electron chi connectivity index (χ1n) is 8.40. The zero-order valence-corrected chi connectivity index (χ0v) is 15.3. The van der Waals surface area contributed by atoms with Crippen molar-refractivity contribution in [2.75, 3.05) is 0 Å². The number of aliphatic imine (C=N–C) groups is 1. The van der Waals surface area contributed by atoms with Crippen LogP contribution < -0.4 is 5.32 Å². The van der Waals surface area contributed by atoms with E-state index in [2.05, 4.69) is 19.9 Å². The minimum absolute atomic E-state index is 0.0439. The van der Waals surface area contributed by atoms with Gasteiger partial charge in [0.05, 0.1) is 11.4 Å². The second-order valence-corrected chi connectivity index (χ2v) is 6.80. The van der Waals surface area contributed by atoms with Crippen LogP contribution >= 0.6 is 11.5 Å². The van der Waals surface area contributed by atoms with Gasteiger partial charge in [-0.3, -0.25) is 9.59 Å². The second kappa shape index (κ2) is 7.23. The molecule has 0 radical (unpaired) electrons. The lowest BCUT2D eigenvalue weighted by atomic mass is 9.84.